The number of halogens is 2. The summed E-state index contributed by atoms with van der Waals surface area (Å²) in [5, 5.41) is 0. The molecule has 4 nitrogen and oxygen atoms in total. The van der Waals surface area contributed by atoms with E-state index in [2.05, 4.69) is 4.98 Å². The fourth-order valence-electron chi connectivity index (χ4n) is 2.94. The van der Waals surface area contributed by atoms with Gasteiger partial charge in [0.05, 0.1) is 22.5 Å². The average Bonchev–Trinajstić information content (AvgIpc) is 2.93. The normalized spacial score (nSPS) is 13.4. The summed E-state index contributed by atoms with van der Waals surface area (Å²) in [4.78, 5) is 30.0. The Morgan fingerprint density at radius 1 is 0.769 bits per heavy atom. The highest BCUT2D eigenvalue weighted by Gasteiger charge is 2.36. The highest BCUT2D eigenvalue weighted by Crippen LogP contribution is 2.30. The first-order chi connectivity index (χ1) is 12.6. The van der Waals surface area contributed by atoms with E-state index in [0.29, 0.717) is 28.1 Å². The van der Waals surface area contributed by atoms with Crippen LogP contribution < -0.4 is 4.90 Å². The van der Waals surface area contributed by atoms with E-state index in [1.165, 1.54) is 12.1 Å². The van der Waals surface area contributed by atoms with Crippen molar-refractivity contribution in [3.63, 3.8) is 0 Å². The molecular formula is C20H12F2N2O2. The van der Waals surface area contributed by atoms with E-state index < -0.39 is 6.43 Å². The van der Waals surface area contributed by atoms with E-state index in [0.717, 1.165) is 4.90 Å². The third kappa shape index (κ3) is 2.56. The number of pyridine rings is 1. The zero-order valence-corrected chi connectivity index (χ0v) is 13.4. The van der Waals surface area contributed by atoms with Crippen molar-refractivity contribution in [2.24, 2.45) is 0 Å². The van der Waals surface area contributed by atoms with E-state index >= 15 is 0 Å². The zero-order chi connectivity index (χ0) is 18.3. The number of amides is 2. The minimum atomic E-state index is -2.65. The van der Waals surface area contributed by atoms with Gasteiger partial charge in [0, 0.05) is 5.56 Å². The summed E-state index contributed by atoms with van der Waals surface area (Å²) in [5.41, 5.74) is 1.88. The van der Waals surface area contributed by atoms with E-state index in [-0.39, 0.29) is 17.5 Å². The highest BCUT2D eigenvalue weighted by molar-refractivity contribution is 6.34. The van der Waals surface area contributed by atoms with Gasteiger partial charge in [0.2, 0.25) is 0 Å². The van der Waals surface area contributed by atoms with Crippen LogP contribution in [0.1, 0.15) is 32.8 Å². The molecule has 0 radical (unpaired) electrons. The second-order valence-corrected chi connectivity index (χ2v) is 5.79. The maximum Gasteiger partial charge on any atom is 0.280 e. The molecule has 1 aliphatic rings. The van der Waals surface area contributed by atoms with E-state index in [1.807, 2.05) is 0 Å². The largest absolute Gasteiger partial charge is 0.280 e. The number of alkyl halides is 2. The molecule has 4 rings (SSSR count). The predicted octanol–water partition coefficient (Wildman–Crippen LogP) is 4.49. The Morgan fingerprint density at radius 3 is 1.96 bits per heavy atom. The van der Waals surface area contributed by atoms with Crippen molar-refractivity contribution >= 4 is 17.5 Å². The minimum absolute atomic E-state index is 0.299. The Bertz CT molecular complexity index is 981. The molecule has 6 heteroatoms. The van der Waals surface area contributed by atoms with E-state index in [4.69, 9.17) is 0 Å². The number of benzene rings is 2. The van der Waals surface area contributed by atoms with Crippen molar-refractivity contribution in [2.75, 3.05) is 4.90 Å². The second kappa shape index (κ2) is 6.15. The molecule has 0 N–H and O–H groups in total. The molecular weight excluding hydrogens is 338 g/mol. The molecule has 0 spiro atoms. The van der Waals surface area contributed by atoms with Crippen molar-refractivity contribution in [1.82, 2.24) is 4.98 Å². The van der Waals surface area contributed by atoms with Gasteiger partial charge >= 0.3 is 0 Å². The van der Waals surface area contributed by atoms with Crippen LogP contribution in [0.5, 0.6) is 0 Å². The lowest BCUT2D eigenvalue weighted by Crippen LogP contribution is -2.29. The van der Waals surface area contributed by atoms with Crippen molar-refractivity contribution < 1.29 is 18.4 Å². The van der Waals surface area contributed by atoms with Crippen LogP contribution in [0.25, 0.3) is 11.3 Å². The van der Waals surface area contributed by atoms with Gasteiger partial charge in [0.1, 0.15) is 5.69 Å². The van der Waals surface area contributed by atoms with Crippen molar-refractivity contribution in [1.29, 1.82) is 0 Å². The quantitative estimate of drug-likeness (QED) is 0.654. The number of hydrogen-bond donors (Lipinski definition) is 0. The lowest BCUT2D eigenvalue weighted by atomic mass is 10.1. The monoisotopic (exact) mass is 350 g/mol. The van der Waals surface area contributed by atoms with Crippen LogP contribution in [0.2, 0.25) is 0 Å². The molecule has 1 aromatic heterocycles. The number of fused-ring (bicyclic) bond motifs is 1. The number of carbonyl (C=O) groups is 2. The third-order valence-electron chi connectivity index (χ3n) is 4.21. The summed E-state index contributed by atoms with van der Waals surface area (Å²) < 4.78 is 25.6. The molecule has 0 bridgehead atoms. The molecule has 2 aromatic carbocycles. The maximum absolute atomic E-state index is 12.8. The summed E-state index contributed by atoms with van der Waals surface area (Å²) >= 11 is 0. The van der Waals surface area contributed by atoms with Crippen LogP contribution in [-0.4, -0.2) is 16.8 Å². The fraction of sp³-hybridized carbons (Fsp3) is 0.0500. The van der Waals surface area contributed by atoms with Gasteiger partial charge in [-0.05, 0) is 36.4 Å². The summed E-state index contributed by atoms with van der Waals surface area (Å²) in [7, 11) is 0. The first-order valence-corrected chi connectivity index (χ1v) is 7.89. The Morgan fingerprint density at radius 2 is 1.38 bits per heavy atom. The van der Waals surface area contributed by atoms with Gasteiger partial charge in [-0.3, -0.25) is 9.59 Å². The van der Waals surface area contributed by atoms with Crippen molar-refractivity contribution in [3.8, 4) is 11.3 Å². The number of nitrogens with zero attached hydrogens (tertiary/aromatic N) is 2. The smallest absolute Gasteiger partial charge is 0.268 e. The predicted molar refractivity (Wildman–Crippen MR) is 92.2 cm³/mol. The molecule has 1 aliphatic heterocycles. The standard InChI is InChI=1S/C20H12F2N2O2/c21-18(22)17-7-3-6-16(23-17)12-8-10-13(11-9-12)24-19(25)14-4-1-2-5-15(14)20(24)26/h1-11,18H. The fourth-order valence-corrected chi connectivity index (χ4v) is 2.94. The Hall–Kier alpha value is -3.41. The number of hydrogen-bond acceptors (Lipinski definition) is 3. The molecule has 0 saturated heterocycles. The van der Waals surface area contributed by atoms with Crippen LogP contribution in [0.4, 0.5) is 14.5 Å². The highest BCUT2D eigenvalue weighted by atomic mass is 19.3. The Balaban J connectivity index is 1.66. The molecule has 2 heterocycles. The minimum Gasteiger partial charge on any atom is -0.268 e. The molecule has 0 unspecified atom stereocenters. The first kappa shape index (κ1) is 16.1. The summed E-state index contributed by atoms with van der Waals surface area (Å²) in [6.45, 7) is 0. The average molecular weight is 350 g/mol. The number of rotatable bonds is 3. The van der Waals surface area contributed by atoms with Gasteiger partial charge in [-0.2, -0.15) is 0 Å². The molecule has 128 valence electrons. The number of imide groups is 1. The topological polar surface area (TPSA) is 50.3 Å². The summed E-state index contributed by atoms with van der Waals surface area (Å²) in [6.07, 6.45) is -2.65. The Labute approximate surface area is 147 Å². The molecule has 0 aliphatic carbocycles. The molecule has 26 heavy (non-hydrogen) atoms. The van der Waals surface area contributed by atoms with Gasteiger partial charge in [-0.25, -0.2) is 18.7 Å². The van der Waals surface area contributed by atoms with Crippen molar-refractivity contribution in [2.45, 2.75) is 6.43 Å². The third-order valence-corrected chi connectivity index (χ3v) is 4.21. The molecule has 0 atom stereocenters. The van der Waals surface area contributed by atoms with Crippen LogP contribution in [-0.2, 0) is 0 Å². The van der Waals surface area contributed by atoms with Crippen LogP contribution in [0.15, 0.2) is 66.7 Å². The molecule has 0 saturated carbocycles. The first-order valence-electron chi connectivity index (χ1n) is 7.89. The lowest BCUT2D eigenvalue weighted by Gasteiger charge is -2.14. The van der Waals surface area contributed by atoms with Crippen molar-refractivity contribution in [3.05, 3.63) is 83.6 Å². The number of aromatic nitrogens is 1. The van der Waals surface area contributed by atoms with Gasteiger partial charge in [-0.1, -0.05) is 30.3 Å². The molecule has 0 fully saturated rings. The van der Waals surface area contributed by atoms with Gasteiger partial charge < -0.3 is 0 Å². The molecule has 2 amide bonds. The molecule has 3 aromatic rings. The summed E-state index contributed by atoms with van der Waals surface area (Å²) in [5.74, 6) is -0.757. The van der Waals surface area contributed by atoms with Gasteiger partial charge in [0.15, 0.2) is 0 Å². The second-order valence-electron chi connectivity index (χ2n) is 5.79. The van der Waals surface area contributed by atoms with E-state index in [9.17, 15) is 18.4 Å². The number of anilines is 1. The SMILES string of the molecule is O=C1c2ccccc2C(=O)N1c1ccc(-c2cccc(C(F)F)n2)cc1. The van der Waals surface area contributed by atoms with Crippen LogP contribution >= 0.6 is 0 Å². The number of carbonyl (C=O) groups excluding carboxylic acids is 2. The lowest BCUT2D eigenvalue weighted by molar-refractivity contribution is 0.0926. The zero-order valence-electron chi connectivity index (χ0n) is 13.4. The van der Waals surface area contributed by atoms with Gasteiger partial charge in [0.25, 0.3) is 18.2 Å². The maximum atomic E-state index is 12.8. The summed E-state index contributed by atoms with van der Waals surface area (Å²) in [6, 6.07) is 17.6. The van der Waals surface area contributed by atoms with Crippen LogP contribution in [0, 0.1) is 0 Å². The van der Waals surface area contributed by atoms with Gasteiger partial charge in [-0.15, -0.1) is 0 Å². The van der Waals surface area contributed by atoms with Crippen LogP contribution in [0.3, 0.4) is 0 Å². The Kier molecular flexibility index (Phi) is 3.80. The van der Waals surface area contributed by atoms with E-state index in [1.54, 1.807) is 54.6 Å².